The lowest BCUT2D eigenvalue weighted by Gasteiger charge is -2.19. The Balaban J connectivity index is 1.53. The fourth-order valence-corrected chi connectivity index (χ4v) is 3.53. The van der Waals surface area contributed by atoms with Crippen LogP contribution in [0.2, 0.25) is 0 Å². The summed E-state index contributed by atoms with van der Waals surface area (Å²) in [5.41, 5.74) is -3.10. The maximum atomic E-state index is 14.8. The van der Waals surface area contributed by atoms with Gasteiger partial charge in [-0.05, 0) is 48.5 Å². The number of hydrogen-bond acceptors (Lipinski definition) is 2. The molecule has 11 heteroatoms. The maximum absolute atomic E-state index is 14.8. The van der Waals surface area contributed by atoms with Gasteiger partial charge in [0.05, 0.1) is 11.1 Å². The van der Waals surface area contributed by atoms with E-state index in [0.29, 0.717) is 30.3 Å². The average Bonchev–Trinajstić information content (AvgIpc) is 2.93. The normalized spacial score (nSPS) is 10.7. The first-order valence-corrected chi connectivity index (χ1v) is 12.0. The summed E-state index contributed by atoms with van der Waals surface area (Å²) >= 11 is 0. The van der Waals surface area contributed by atoms with Crippen molar-refractivity contribution in [1.29, 1.82) is 0 Å². The van der Waals surface area contributed by atoms with Crippen molar-refractivity contribution in [2.24, 2.45) is 0 Å². The summed E-state index contributed by atoms with van der Waals surface area (Å²) in [5.74, 6) is -1.91. The van der Waals surface area contributed by atoms with Crippen LogP contribution in [0, 0.1) is 64.4 Å². The van der Waals surface area contributed by atoms with E-state index in [9.17, 15) is 39.5 Å². The molecular formula is C32H15F9O2. The first-order valence-electron chi connectivity index (χ1n) is 12.0. The van der Waals surface area contributed by atoms with E-state index in [-0.39, 0.29) is 23.5 Å². The standard InChI is InChI=1S/C32H15F9O2/c1-2-11-42-22-9-7-20(24(33)16-22)5-3-18-12-26(35)30(27(36)13-18)32(40,41)43-23-10-8-21(25(34)17-23)6-4-19-14-28(37)31(39)29(38)15-19/h2,7-10,12-17H,1,11H2. The molecule has 0 unspecified atom stereocenters. The van der Waals surface area contributed by atoms with Crippen molar-refractivity contribution >= 4 is 0 Å². The molecule has 43 heavy (non-hydrogen) atoms. The molecule has 0 aliphatic carbocycles. The second-order valence-corrected chi connectivity index (χ2v) is 8.57. The minimum Gasteiger partial charge on any atom is -0.489 e. The van der Waals surface area contributed by atoms with Gasteiger partial charge in [-0.3, -0.25) is 0 Å². The fraction of sp³-hybridized carbons (Fsp3) is 0.0625. The predicted octanol–water partition coefficient (Wildman–Crippen LogP) is 8.15. The second kappa shape index (κ2) is 12.7. The van der Waals surface area contributed by atoms with Gasteiger partial charge >= 0.3 is 6.11 Å². The van der Waals surface area contributed by atoms with Crippen LogP contribution in [0.3, 0.4) is 0 Å². The highest BCUT2D eigenvalue weighted by Gasteiger charge is 2.41. The molecule has 0 saturated carbocycles. The topological polar surface area (TPSA) is 18.5 Å². The van der Waals surface area contributed by atoms with Crippen molar-refractivity contribution in [1.82, 2.24) is 0 Å². The molecule has 0 spiro atoms. The van der Waals surface area contributed by atoms with Crippen LogP contribution in [0.5, 0.6) is 11.5 Å². The minimum atomic E-state index is -4.63. The summed E-state index contributed by atoms with van der Waals surface area (Å²) in [4.78, 5) is 0. The molecule has 0 radical (unpaired) electrons. The first-order chi connectivity index (χ1) is 20.4. The van der Waals surface area contributed by atoms with Crippen LogP contribution in [-0.4, -0.2) is 6.61 Å². The van der Waals surface area contributed by atoms with Gasteiger partial charge in [0.2, 0.25) is 0 Å². The van der Waals surface area contributed by atoms with Gasteiger partial charge in [-0.1, -0.05) is 36.3 Å². The highest BCUT2D eigenvalue weighted by Crippen LogP contribution is 2.36. The van der Waals surface area contributed by atoms with Crippen molar-refractivity contribution in [2.75, 3.05) is 6.61 Å². The Morgan fingerprint density at radius 1 is 0.605 bits per heavy atom. The van der Waals surface area contributed by atoms with Gasteiger partial charge in [0.1, 0.15) is 46.9 Å². The van der Waals surface area contributed by atoms with Crippen molar-refractivity contribution in [2.45, 2.75) is 6.11 Å². The SMILES string of the molecule is C=CCOc1ccc(C#Cc2cc(F)c(C(F)(F)Oc3ccc(C#Cc4cc(F)c(F)c(F)c4)c(F)c3)c(F)c2)c(F)c1. The molecule has 0 aromatic heterocycles. The third kappa shape index (κ3) is 7.32. The zero-order chi connectivity index (χ0) is 31.3. The van der Waals surface area contributed by atoms with Gasteiger partial charge in [0.15, 0.2) is 17.5 Å². The zero-order valence-electron chi connectivity index (χ0n) is 21.5. The van der Waals surface area contributed by atoms with Gasteiger partial charge in [0, 0.05) is 23.3 Å². The van der Waals surface area contributed by atoms with E-state index in [0.717, 1.165) is 18.2 Å². The van der Waals surface area contributed by atoms with E-state index in [1.807, 2.05) is 0 Å². The Morgan fingerprint density at radius 3 is 1.56 bits per heavy atom. The predicted molar refractivity (Wildman–Crippen MR) is 138 cm³/mol. The molecule has 0 saturated heterocycles. The molecule has 0 fully saturated rings. The van der Waals surface area contributed by atoms with E-state index in [2.05, 4.69) is 35.0 Å². The van der Waals surface area contributed by atoms with E-state index < -0.39 is 69.3 Å². The van der Waals surface area contributed by atoms with Crippen molar-refractivity contribution in [3.05, 3.63) is 142 Å². The third-order valence-corrected chi connectivity index (χ3v) is 5.49. The molecule has 218 valence electrons. The monoisotopic (exact) mass is 602 g/mol. The summed E-state index contributed by atoms with van der Waals surface area (Å²) in [6, 6.07) is 7.92. The molecule has 2 nitrogen and oxygen atoms in total. The highest BCUT2D eigenvalue weighted by molar-refractivity contribution is 5.48. The van der Waals surface area contributed by atoms with Crippen LogP contribution in [0.4, 0.5) is 39.5 Å². The summed E-state index contributed by atoms with van der Waals surface area (Å²) in [5, 5.41) is 0. The quantitative estimate of drug-likeness (QED) is 0.0960. The summed E-state index contributed by atoms with van der Waals surface area (Å²) in [6.07, 6.45) is -3.18. The second-order valence-electron chi connectivity index (χ2n) is 8.57. The molecular weight excluding hydrogens is 587 g/mol. The van der Waals surface area contributed by atoms with Gasteiger partial charge in [-0.15, -0.1) is 0 Å². The molecule has 0 amide bonds. The van der Waals surface area contributed by atoms with E-state index in [1.54, 1.807) is 0 Å². The Morgan fingerprint density at radius 2 is 1.07 bits per heavy atom. The van der Waals surface area contributed by atoms with Gasteiger partial charge in [-0.25, -0.2) is 30.7 Å². The summed E-state index contributed by atoms with van der Waals surface area (Å²) < 4.78 is 137. The number of rotatable bonds is 6. The van der Waals surface area contributed by atoms with Crippen LogP contribution in [-0.2, 0) is 6.11 Å². The largest absolute Gasteiger partial charge is 0.489 e. The Bertz CT molecular complexity index is 1800. The molecule has 4 rings (SSSR count). The zero-order valence-corrected chi connectivity index (χ0v) is 21.5. The van der Waals surface area contributed by atoms with E-state index >= 15 is 0 Å². The number of benzene rings is 4. The number of ether oxygens (including phenoxy) is 2. The lowest BCUT2D eigenvalue weighted by Crippen LogP contribution is -2.25. The minimum absolute atomic E-state index is 0.129. The molecule has 4 aromatic rings. The molecule has 0 aliphatic heterocycles. The van der Waals surface area contributed by atoms with Crippen molar-refractivity contribution in [3.8, 4) is 35.2 Å². The third-order valence-electron chi connectivity index (χ3n) is 5.49. The van der Waals surface area contributed by atoms with Crippen LogP contribution < -0.4 is 9.47 Å². The number of hydrogen-bond donors (Lipinski definition) is 0. The van der Waals surface area contributed by atoms with Crippen molar-refractivity contribution < 1.29 is 49.0 Å². The van der Waals surface area contributed by atoms with Crippen LogP contribution >= 0.6 is 0 Å². The average molecular weight is 602 g/mol. The Labute approximate surface area is 239 Å². The molecule has 0 N–H and O–H groups in total. The lowest BCUT2D eigenvalue weighted by molar-refractivity contribution is -0.189. The summed E-state index contributed by atoms with van der Waals surface area (Å²) in [6.45, 7) is 3.59. The van der Waals surface area contributed by atoms with Crippen LogP contribution in [0.15, 0.2) is 73.3 Å². The highest BCUT2D eigenvalue weighted by atomic mass is 19.3. The smallest absolute Gasteiger partial charge is 0.432 e. The summed E-state index contributed by atoms with van der Waals surface area (Å²) in [7, 11) is 0. The van der Waals surface area contributed by atoms with E-state index in [1.165, 1.54) is 18.2 Å². The van der Waals surface area contributed by atoms with Crippen LogP contribution in [0.1, 0.15) is 27.8 Å². The molecule has 0 aliphatic rings. The number of alkyl halides is 2. The van der Waals surface area contributed by atoms with Crippen LogP contribution in [0.25, 0.3) is 0 Å². The lowest BCUT2D eigenvalue weighted by atomic mass is 10.1. The molecule has 0 atom stereocenters. The van der Waals surface area contributed by atoms with Gasteiger partial charge in [-0.2, -0.15) is 8.78 Å². The number of halogens is 9. The molecule has 0 heterocycles. The van der Waals surface area contributed by atoms with Crippen molar-refractivity contribution in [3.63, 3.8) is 0 Å². The Hall–Kier alpha value is -5.29. The van der Waals surface area contributed by atoms with E-state index in [4.69, 9.17) is 4.74 Å². The molecule has 4 aromatic carbocycles. The first kappa shape index (κ1) is 30.7. The molecule has 0 bridgehead atoms. The van der Waals surface area contributed by atoms with Gasteiger partial charge < -0.3 is 9.47 Å². The maximum Gasteiger partial charge on any atom is 0.432 e. The van der Waals surface area contributed by atoms with Gasteiger partial charge in [0.25, 0.3) is 0 Å². The Kier molecular flexibility index (Phi) is 9.06. The fourth-order valence-electron chi connectivity index (χ4n) is 3.53.